The molecule has 1 aliphatic rings. The molecule has 14 heavy (non-hydrogen) atoms. The first-order valence-electron chi connectivity index (χ1n) is 4.58. The molecule has 0 saturated carbocycles. The minimum atomic E-state index is 0.387. The fourth-order valence-electron chi connectivity index (χ4n) is 1.33. The summed E-state index contributed by atoms with van der Waals surface area (Å²) in [5.41, 5.74) is 0. The summed E-state index contributed by atoms with van der Waals surface area (Å²) >= 11 is 7.30. The zero-order valence-corrected chi connectivity index (χ0v) is 9.22. The summed E-state index contributed by atoms with van der Waals surface area (Å²) < 4.78 is 5.50. The van der Waals surface area contributed by atoms with Crippen molar-refractivity contribution < 1.29 is 4.74 Å². The minimum absolute atomic E-state index is 0.387. The first kappa shape index (κ1) is 10.2. The van der Waals surface area contributed by atoms with E-state index in [4.69, 9.17) is 16.3 Å². The molecule has 0 radical (unpaired) electrons. The average molecular weight is 231 g/mol. The number of ether oxygens (including phenoxy) is 1. The number of aromatic nitrogens is 2. The highest BCUT2D eigenvalue weighted by atomic mass is 35.5. The van der Waals surface area contributed by atoms with Crippen molar-refractivity contribution in [2.75, 3.05) is 12.4 Å². The van der Waals surface area contributed by atoms with Crippen LogP contribution in [0.4, 0.5) is 0 Å². The van der Waals surface area contributed by atoms with Gasteiger partial charge in [-0.05, 0) is 25.0 Å². The predicted molar refractivity (Wildman–Crippen MR) is 56.7 cm³/mol. The standard InChI is InChI=1S/C9H11ClN2OS/c10-8-3-4-9(12-11-8)14-6-7-2-1-5-13-7/h3-4,7H,1-2,5-6H2. The van der Waals surface area contributed by atoms with Crippen LogP contribution in [0.25, 0.3) is 0 Å². The van der Waals surface area contributed by atoms with Crippen molar-refractivity contribution in [2.24, 2.45) is 0 Å². The molecule has 76 valence electrons. The highest BCUT2D eigenvalue weighted by Crippen LogP contribution is 2.22. The molecule has 0 bridgehead atoms. The van der Waals surface area contributed by atoms with Crippen LogP contribution >= 0.6 is 23.4 Å². The molecule has 2 heterocycles. The van der Waals surface area contributed by atoms with Gasteiger partial charge < -0.3 is 4.74 Å². The summed E-state index contributed by atoms with van der Waals surface area (Å²) in [5, 5.41) is 9.09. The van der Waals surface area contributed by atoms with Crippen LogP contribution < -0.4 is 0 Å². The van der Waals surface area contributed by atoms with Crippen molar-refractivity contribution in [3.05, 3.63) is 17.3 Å². The van der Waals surface area contributed by atoms with E-state index in [1.165, 1.54) is 6.42 Å². The van der Waals surface area contributed by atoms with E-state index >= 15 is 0 Å². The Bertz CT molecular complexity index is 287. The van der Waals surface area contributed by atoms with Gasteiger partial charge in [-0.25, -0.2) is 0 Å². The van der Waals surface area contributed by atoms with Crippen molar-refractivity contribution in [3.63, 3.8) is 0 Å². The highest BCUT2D eigenvalue weighted by molar-refractivity contribution is 7.99. The molecular weight excluding hydrogens is 220 g/mol. The molecule has 1 atom stereocenters. The third-order valence-electron chi connectivity index (χ3n) is 2.05. The zero-order chi connectivity index (χ0) is 9.80. The third-order valence-corrected chi connectivity index (χ3v) is 3.30. The SMILES string of the molecule is Clc1ccc(SCC2CCCO2)nn1. The Kier molecular flexibility index (Phi) is 3.61. The molecule has 1 fully saturated rings. The Balaban J connectivity index is 1.82. The van der Waals surface area contributed by atoms with E-state index in [0.29, 0.717) is 11.3 Å². The third kappa shape index (κ3) is 2.83. The molecule has 1 aromatic heterocycles. The molecule has 5 heteroatoms. The smallest absolute Gasteiger partial charge is 0.151 e. The molecule has 1 aromatic rings. The maximum Gasteiger partial charge on any atom is 0.151 e. The highest BCUT2D eigenvalue weighted by Gasteiger charge is 2.15. The lowest BCUT2D eigenvalue weighted by Gasteiger charge is -2.07. The second-order valence-corrected chi connectivity index (χ2v) is 4.57. The van der Waals surface area contributed by atoms with Crippen LogP contribution in [-0.2, 0) is 4.74 Å². The zero-order valence-electron chi connectivity index (χ0n) is 7.65. The van der Waals surface area contributed by atoms with Crippen molar-refractivity contribution in [1.82, 2.24) is 10.2 Å². The van der Waals surface area contributed by atoms with Gasteiger partial charge in [0.15, 0.2) is 5.15 Å². The van der Waals surface area contributed by atoms with Gasteiger partial charge in [-0.1, -0.05) is 11.6 Å². The summed E-state index contributed by atoms with van der Waals surface area (Å²) in [6, 6.07) is 3.64. The second kappa shape index (κ2) is 4.96. The lowest BCUT2D eigenvalue weighted by atomic mass is 10.3. The number of rotatable bonds is 3. The molecule has 1 saturated heterocycles. The lowest BCUT2D eigenvalue weighted by molar-refractivity contribution is 0.129. The molecule has 0 aliphatic carbocycles. The molecule has 0 amide bonds. The average Bonchev–Trinajstić information content (AvgIpc) is 2.70. The van der Waals surface area contributed by atoms with Crippen LogP contribution in [0.1, 0.15) is 12.8 Å². The molecule has 3 nitrogen and oxygen atoms in total. The van der Waals surface area contributed by atoms with E-state index in [-0.39, 0.29) is 0 Å². The Morgan fingerprint density at radius 3 is 3.07 bits per heavy atom. The lowest BCUT2D eigenvalue weighted by Crippen LogP contribution is -2.07. The van der Waals surface area contributed by atoms with Gasteiger partial charge in [-0.3, -0.25) is 0 Å². The van der Waals surface area contributed by atoms with Gasteiger partial charge in [0.25, 0.3) is 0 Å². The fourth-order valence-corrected chi connectivity index (χ4v) is 2.32. The summed E-state index contributed by atoms with van der Waals surface area (Å²) in [6.45, 7) is 0.900. The van der Waals surface area contributed by atoms with Crippen LogP contribution in [0.5, 0.6) is 0 Å². The first-order chi connectivity index (χ1) is 6.84. The maximum absolute atomic E-state index is 5.63. The summed E-state index contributed by atoms with van der Waals surface area (Å²) in [7, 11) is 0. The molecule has 1 unspecified atom stereocenters. The Labute approximate surface area is 92.2 Å². The van der Waals surface area contributed by atoms with Crippen LogP contribution in [-0.4, -0.2) is 28.7 Å². The maximum atomic E-state index is 5.63. The minimum Gasteiger partial charge on any atom is -0.377 e. The van der Waals surface area contributed by atoms with E-state index in [1.54, 1.807) is 17.8 Å². The van der Waals surface area contributed by atoms with Gasteiger partial charge in [-0.15, -0.1) is 22.0 Å². The molecule has 1 aliphatic heterocycles. The Morgan fingerprint density at radius 2 is 2.43 bits per heavy atom. The van der Waals surface area contributed by atoms with Crippen LogP contribution in [0.2, 0.25) is 5.15 Å². The van der Waals surface area contributed by atoms with E-state index in [9.17, 15) is 0 Å². The molecule has 0 N–H and O–H groups in total. The number of thioether (sulfide) groups is 1. The van der Waals surface area contributed by atoms with Crippen molar-refractivity contribution >= 4 is 23.4 Å². The van der Waals surface area contributed by atoms with Gasteiger partial charge in [0.2, 0.25) is 0 Å². The second-order valence-electron chi connectivity index (χ2n) is 3.14. The number of nitrogens with zero attached hydrogens (tertiary/aromatic N) is 2. The molecule has 0 aromatic carbocycles. The fraction of sp³-hybridized carbons (Fsp3) is 0.556. The number of hydrogen-bond acceptors (Lipinski definition) is 4. The van der Waals surface area contributed by atoms with Crippen LogP contribution in [0.15, 0.2) is 17.2 Å². The number of halogens is 1. The van der Waals surface area contributed by atoms with E-state index < -0.39 is 0 Å². The topological polar surface area (TPSA) is 35.0 Å². The van der Waals surface area contributed by atoms with Gasteiger partial charge in [0, 0.05) is 12.4 Å². The van der Waals surface area contributed by atoms with Gasteiger partial charge in [-0.2, -0.15) is 0 Å². The normalized spacial score (nSPS) is 21.4. The monoisotopic (exact) mass is 230 g/mol. The molecule has 0 spiro atoms. The summed E-state index contributed by atoms with van der Waals surface area (Å²) in [6.07, 6.45) is 2.73. The summed E-state index contributed by atoms with van der Waals surface area (Å²) in [4.78, 5) is 0. The van der Waals surface area contributed by atoms with Gasteiger partial charge in [0.05, 0.1) is 6.10 Å². The van der Waals surface area contributed by atoms with Crippen LogP contribution in [0.3, 0.4) is 0 Å². The number of hydrogen-bond donors (Lipinski definition) is 0. The molecule has 2 rings (SSSR count). The van der Waals surface area contributed by atoms with Gasteiger partial charge >= 0.3 is 0 Å². The Morgan fingerprint density at radius 1 is 1.50 bits per heavy atom. The van der Waals surface area contributed by atoms with E-state index in [0.717, 1.165) is 23.8 Å². The Hall–Kier alpha value is -0.320. The quantitative estimate of drug-likeness (QED) is 0.747. The van der Waals surface area contributed by atoms with Crippen molar-refractivity contribution in [2.45, 2.75) is 24.0 Å². The van der Waals surface area contributed by atoms with Crippen LogP contribution in [0, 0.1) is 0 Å². The first-order valence-corrected chi connectivity index (χ1v) is 5.94. The van der Waals surface area contributed by atoms with Gasteiger partial charge in [0.1, 0.15) is 5.03 Å². The van der Waals surface area contributed by atoms with Crippen molar-refractivity contribution in [1.29, 1.82) is 0 Å². The summed E-state index contributed by atoms with van der Waals surface area (Å²) in [5.74, 6) is 0.955. The largest absolute Gasteiger partial charge is 0.377 e. The molecular formula is C9H11ClN2OS. The van der Waals surface area contributed by atoms with E-state index in [2.05, 4.69) is 10.2 Å². The van der Waals surface area contributed by atoms with Crippen molar-refractivity contribution in [3.8, 4) is 0 Å². The van der Waals surface area contributed by atoms with E-state index in [1.807, 2.05) is 6.07 Å². The predicted octanol–water partition coefficient (Wildman–Crippen LogP) is 2.40.